The van der Waals surface area contributed by atoms with E-state index in [-0.39, 0.29) is 12.5 Å². The fourth-order valence-corrected chi connectivity index (χ4v) is 4.98. The molecule has 4 rings (SSSR count). The zero-order chi connectivity index (χ0) is 17.2. The van der Waals surface area contributed by atoms with Crippen LogP contribution < -0.4 is 10.1 Å². The minimum Gasteiger partial charge on any atom is -0.484 e. The summed E-state index contributed by atoms with van der Waals surface area (Å²) < 4.78 is 5.67. The Morgan fingerprint density at radius 1 is 1.16 bits per heavy atom. The van der Waals surface area contributed by atoms with Crippen LogP contribution in [0, 0.1) is 11.3 Å². The highest BCUT2D eigenvalue weighted by Crippen LogP contribution is 2.38. The third kappa shape index (κ3) is 3.27. The summed E-state index contributed by atoms with van der Waals surface area (Å²) in [5.41, 5.74) is 4.50. The maximum absolute atomic E-state index is 12.2. The highest BCUT2D eigenvalue weighted by atomic mass is 32.1. The van der Waals surface area contributed by atoms with Crippen molar-refractivity contribution in [2.75, 3.05) is 11.9 Å². The Hall–Kier alpha value is -2.32. The normalized spacial score (nSPS) is 15.2. The molecule has 0 bridgehead atoms. The molecular weight excluding hydrogens is 332 g/mol. The zero-order valence-corrected chi connectivity index (χ0v) is 14.9. The molecule has 0 fully saturated rings. The van der Waals surface area contributed by atoms with Crippen LogP contribution in [0.2, 0.25) is 0 Å². The Bertz CT molecular complexity index is 863. The summed E-state index contributed by atoms with van der Waals surface area (Å²) in [5.74, 6) is 0.527. The van der Waals surface area contributed by atoms with E-state index in [1.165, 1.54) is 40.2 Å². The van der Waals surface area contributed by atoms with Crippen molar-refractivity contribution in [1.29, 1.82) is 5.26 Å². The molecule has 4 nitrogen and oxygen atoms in total. The van der Waals surface area contributed by atoms with Crippen LogP contribution in [0.1, 0.15) is 46.4 Å². The molecule has 1 aromatic heterocycles. The van der Waals surface area contributed by atoms with E-state index < -0.39 is 0 Å². The number of aryl methyl sites for hydroxylation is 3. The first-order chi connectivity index (χ1) is 12.2. The molecule has 1 heterocycles. The summed E-state index contributed by atoms with van der Waals surface area (Å²) in [6.45, 7) is -0.0355. The second kappa shape index (κ2) is 6.89. The predicted molar refractivity (Wildman–Crippen MR) is 98.3 cm³/mol. The molecule has 5 heteroatoms. The number of fused-ring (bicyclic) bond motifs is 2. The fourth-order valence-electron chi connectivity index (χ4n) is 3.72. The van der Waals surface area contributed by atoms with Gasteiger partial charge in [-0.2, -0.15) is 5.26 Å². The average molecular weight is 352 g/mol. The Labute approximate surface area is 151 Å². The predicted octanol–water partition coefficient (Wildman–Crippen LogP) is 4.00. The number of carbonyl (C=O) groups is 1. The van der Waals surface area contributed by atoms with Crippen LogP contribution in [-0.2, 0) is 30.5 Å². The van der Waals surface area contributed by atoms with Crippen LogP contribution in [0.25, 0.3) is 0 Å². The zero-order valence-electron chi connectivity index (χ0n) is 14.1. The van der Waals surface area contributed by atoms with Gasteiger partial charge in [-0.1, -0.05) is 6.07 Å². The van der Waals surface area contributed by atoms with Crippen molar-refractivity contribution < 1.29 is 9.53 Å². The van der Waals surface area contributed by atoms with Crippen LogP contribution in [0.15, 0.2) is 18.2 Å². The van der Waals surface area contributed by atoms with Crippen molar-refractivity contribution in [2.45, 2.75) is 44.9 Å². The summed E-state index contributed by atoms with van der Waals surface area (Å²) in [4.78, 5) is 13.5. The standard InChI is InChI=1S/C20H20N2O2S/c21-11-17-16-6-3-7-18(16)25-20(17)22-19(23)12-24-15-9-8-13-4-1-2-5-14(13)10-15/h8-10H,1-7,12H2,(H,22,23). The lowest BCUT2D eigenvalue weighted by Gasteiger charge is -2.16. The molecule has 25 heavy (non-hydrogen) atoms. The maximum Gasteiger partial charge on any atom is 0.262 e. The molecule has 128 valence electrons. The maximum atomic E-state index is 12.2. The molecule has 0 unspecified atom stereocenters. The van der Waals surface area contributed by atoms with Gasteiger partial charge in [-0.3, -0.25) is 4.79 Å². The third-order valence-corrected chi connectivity index (χ3v) is 6.18. The van der Waals surface area contributed by atoms with Gasteiger partial charge in [0.25, 0.3) is 5.91 Å². The molecule has 1 amide bonds. The van der Waals surface area contributed by atoms with Gasteiger partial charge in [0, 0.05) is 4.88 Å². The van der Waals surface area contributed by atoms with Gasteiger partial charge in [-0.05, 0) is 73.8 Å². The van der Waals surface area contributed by atoms with Gasteiger partial charge in [0.1, 0.15) is 16.8 Å². The van der Waals surface area contributed by atoms with E-state index in [4.69, 9.17) is 4.74 Å². The highest BCUT2D eigenvalue weighted by Gasteiger charge is 2.23. The molecule has 2 aromatic rings. The molecule has 0 saturated heterocycles. The lowest BCUT2D eigenvalue weighted by Crippen LogP contribution is -2.20. The summed E-state index contributed by atoms with van der Waals surface area (Å²) in [5, 5.41) is 12.9. The largest absolute Gasteiger partial charge is 0.484 e. The first kappa shape index (κ1) is 16.2. The number of nitrogens with one attached hydrogen (secondary N) is 1. The number of amides is 1. The molecule has 0 atom stereocenters. The Balaban J connectivity index is 1.39. The molecule has 0 radical (unpaired) electrons. The van der Waals surface area contributed by atoms with Crippen LogP contribution >= 0.6 is 11.3 Å². The number of nitriles is 1. The van der Waals surface area contributed by atoms with Gasteiger partial charge in [0.05, 0.1) is 5.56 Å². The van der Waals surface area contributed by atoms with E-state index in [2.05, 4.69) is 23.5 Å². The number of thiophene rings is 1. The Morgan fingerprint density at radius 2 is 2.00 bits per heavy atom. The molecule has 1 aromatic carbocycles. The summed E-state index contributed by atoms with van der Waals surface area (Å²) >= 11 is 1.53. The number of carbonyl (C=O) groups excluding carboxylic acids is 1. The molecule has 2 aliphatic carbocycles. The SMILES string of the molecule is N#Cc1c(NC(=O)COc2ccc3c(c2)CCCC3)sc2c1CCC2. The Kier molecular flexibility index (Phi) is 4.46. The highest BCUT2D eigenvalue weighted by molar-refractivity contribution is 7.16. The van der Waals surface area contributed by atoms with Crippen molar-refractivity contribution in [2.24, 2.45) is 0 Å². The summed E-state index contributed by atoms with van der Waals surface area (Å²) in [6.07, 6.45) is 7.75. The van der Waals surface area contributed by atoms with Crippen molar-refractivity contribution in [3.8, 4) is 11.8 Å². The molecule has 1 N–H and O–H groups in total. The van der Waals surface area contributed by atoms with Gasteiger partial charge in [-0.25, -0.2) is 0 Å². The van der Waals surface area contributed by atoms with Crippen molar-refractivity contribution >= 4 is 22.2 Å². The molecule has 0 saturated carbocycles. The number of anilines is 1. The van der Waals surface area contributed by atoms with Crippen molar-refractivity contribution in [3.05, 3.63) is 45.3 Å². The number of ether oxygens (including phenoxy) is 1. The van der Waals surface area contributed by atoms with Gasteiger partial charge in [-0.15, -0.1) is 11.3 Å². The van der Waals surface area contributed by atoms with E-state index in [9.17, 15) is 10.1 Å². The third-order valence-electron chi connectivity index (χ3n) is 4.98. The number of hydrogen-bond donors (Lipinski definition) is 1. The van der Waals surface area contributed by atoms with E-state index >= 15 is 0 Å². The fraction of sp³-hybridized carbons (Fsp3) is 0.400. The van der Waals surface area contributed by atoms with Gasteiger partial charge in [0.15, 0.2) is 6.61 Å². The van der Waals surface area contributed by atoms with Gasteiger partial charge >= 0.3 is 0 Å². The van der Waals surface area contributed by atoms with Crippen LogP contribution in [0.3, 0.4) is 0 Å². The summed E-state index contributed by atoms with van der Waals surface area (Å²) in [6, 6.07) is 8.35. The van der Waals surface area contributed by atoms with E-state index in [1.807, 2.05) is 6.07 Å². The lowest BCUT2D eigenvalue weighted by atomic mass is 9.92. The minimum atomic E-state index is -0.214. The number of rotatable bonds is 4. The van der Waals surface area contributed by atoms with Crippen LogP contribution in [0.4, 0.5) is 5.00 Å². The molecular formula is C20H20N2O2S. The van der Waals surface area contributed by atoms with E-state index in [0.717, 1.165) is 43.4 Å². The minimum absolute atomic E-state index is 0.0355. The van der Waals surface area contributed by atoms with Gasteiger partial charge < -0.3 is 10.1 Å². The quantitative estimate of drug-likeness (QED) is 0.904. The molecule has 2 aliphatic rings. The topological polar surface area (TPSA) is 62.1 Å². The van der Waals surface area contributed by atoms with Gasteiger partial charge in [0.2, 0.25) is 0 Å². The van der Waals surface area contributed by atoms with E-state index in [0.29, 0.717) is 10.6 Å². The molecule has 0 spiro atoms. The lowest BCUT2D eigenvalue weighted by molar-refractivity contribution is -0.118. The summed E-state index contributed by atoms with van der Waals surface area (Å²) in [7, 11) is 0. The first-order valence-electron chi connectivity index (χ1n) is 8.83. The molecule has 0 aliphatic heterocycles. The second-order valence-corrected chi connectivity index (χ2v) is 7.75. The van der Waals surface area contributed by atoms with E-state index in [1.54, 1.807) is 0 Å². The van der Waals surface area contributed by atoms with Crippen molar-refractivity contribution in [1.82, 2.24) is 0 Å². The number of benzene rings is 1. The number of hydrogen-bond acceptors (Lipinski definition) is 4. The average Bonchev–Trinajstić information content (AvgIpc) is 3.20. The Morgan fingerprint density at radius 3 is 2.84 bits per heavy atom. The van der Waals surface area contributed by atoms with Crippen LogP contribution in [-0.4, -0.2) is 12.5 Å². The smallest absolute Gasteiger partial charge is 0.262 e. The van der Waals surface area contributed by atoms with Crippen LogP contribution in [0.5, 0.6) is 5.75 Å². The first-order valence-corrected chi connectivity index (χ1v) is 9.65. The van der Waals surface area contributed by atoms with Crippen molar-refractivity contribution in [3.63, 3.8) is 0 Å². The monoisotopic (exact) mass is 352 g/mol. The second-order valence-electron chi connectivity index (χ2n) is 6.65. The number of nitrogens with zero attached hydrogens (tertiary/aromatic N) is 1.